The molecule has 3 rings (SSSR count). The minimum atomic E-state index is -0.105. The molecule has 0 aliphatic rings. The van der Waals surface area contributed by atoms with Crippen LogP contribution in [0.15, 0.2) is 18.2 Å². The number of fused-ring (bicyclic) bond motifs is 1. The zero-order chi connectivity index (χ0) is 22.5. The molecule has 1 aromatic carbocycles. The number of methoxy groups -OCH3 is 2. The van der Waals surface area contributed by atoms with Crippen molar-refractivity contribution in [1.82, 2.24) is 19.7 Å². The zero-order valence-electron chi connectivity index (χ0n) is 19.1. The summed E-state index contributed by atoms with van der Waals surface area (Å²) >= 11 is 1.44. The molecule has 8 nitrogen and oxygen atoms in total. The van der Waals surface area contributed by atoms with Crippen molar-refractivity contribution in [3.63, 3.8) is 0 Å². The second-order valence-corrected chi connectivity index (χ2v) is 8.09. The number of nitrogens with zero attached hydrogens (tertiary/aromatic N) is 5. The molecule has 0 unspecified atom stereocenters. The maximum Gasteiger partial charge on any atom is 0.278 e. The predicted molar refractivity (Wildman–Crippen MR) is 125 cm³/mol. The van der Waals surface area contributed by atoms with E-state index in [9.17, 15) is 4.79 Å². The third-order valence-corrected chi connectivity index (χ3v) is 6.42. The van der Waals surface area contributed by atoms with Crippen LogP contribution in [0.4, 0.5) is 5.13 Å². The molecule has 2 aromatic heterocycles. The van der Waals surface area contributed by atoms with E-state index in [0.717, 1.165) is 30.0 Å². The number of carbonyl (C=O) groups excluding carboxylic acids is 1. The zero-order valence-corrected chi connectivity index (χ0v) is 20.0. The van der Waals surface area contributed by atoms with Crippen LogP contribution >= 0.6 is 11.3 Å². The van der Waals surface area contributed by atoms with Crippen LogP contribution in [0.1, 0.15) is 37.0 Å². The summed E-state index contributed by atoms with van der Waals surface area (Å²) in [5.41, 5.74) is 2.09. The summed E-state index contributed by atoms with van der Waals surface area (Å²) in [6, 6.07) is 5.54. The average molecular weight is 446 g/mol. The molecule has 0 saturated carbocycles. The van der Waals surface area contributed by atoms with Gasteiger partial charge < -0.3 is 14.4 Å². The van der Waals surface area contributed by atoms with Crippen LogP contribution in [0.25, 0.3) is 10.2 Å². The second kappa shape index (κ2) is 10.1. The highest BCUT2D eigenvalue weighted by atomic mass is 32.1. The normalized spacial score (nSPS) is 11.3. The van der Waals surface area contributed by atoms with Gasteiger partial charge in [0.25, 0.3) is 5.91 Å². The van der Waals surface area contributed by atoms with E-state index < -0.39 is 0 Å². The Hall–Kier alpha value is -2.65. The lowest BCUT2D eigenvalue weighted by Gasteiger charge is -2.24. The first kappa shape index (κ1) is 23.0. The lowest BCUT2D eigenvalue weighted by atomic mass is 10.3. The largest absolute Gasteiger partial charge is 0.495 e. The fourth-order valence-electron chi connectivity index (χ4n) is 3.55. The van der Waals surface area contributed by atoms with Crippen molar-refractivity contribution in [1.29, 1.82) is 0 Å². The Labute approximate surface area is 187 Å². The van der Waals surface area contributed by atoms with Gasteiger partial charge in [0, 0.05) is 19.6 Å². The number of thiazole rings is 1. The minimum absolute atomic E-state index is 0.105. The maximum atomic E-state index is 13.7. The summed E-state index contributed by atoms with van der Waals surface area (Å²) in [6.45, 7) is 11.9. The van der Waals surface area contributed by atoms with Gasteiger partial charge in [-0.25, -0.2) is 4.98 Å². The van der Waals surface area contributed by atoms with Gasteiger partial charge in [0.1, 0.15) is 27.4 Å². The monoisotopic (exact) mass is 445 g/mol. The number of ether oxygens (including phenoxy) is 2. The third kappa shape index (κ3) is 4.67. The van der Waals surface area contributed by atoms with Crippen LogP contribution in [-0.2, 0) is 6.54 Å². The molecule has 168 valence electrons. The number of aryl methyl sites for hydroxylation is 2. The Morgan fingerprint density at radius 3 is 2.39 bits per heavy atom. The molecular formula is C22H31N5O3S. The van der Waals surface area contributed by atoms with E-state index in [-0.39, 0.29) is 5.91 Å². The number of benzene rings is 1. The summed E-state index contributed by atoms with van der Waals surface area (Å²) < 4.78 is 13.6. The Kier molecular flexibility index (Phi) is 7.50. The van der Waals surface area contributed by atoms with Crippen LogP contribution < -0.4 is 14.4 Å². The summed E-state index contributed by atoms with van der Waals surface area (Å²) in [5, 5.41) is 5.07. The van der Waals surface area contributed by atoms with E-state index in [1.54, 1.807) is 23.8 Å². The Bertz CT molecular complexity index is 1000. The molecule has 9 heteroatoms. The number of hydrogen-bond donors (Lipinski definition) is 0. The molecule has 0 aliphatic heterocycles. The minimum Gasteiger partial charge on any atom is -0.495 e. The number of rotatable bonds is 10. The van der Waals surface area contributed by atoms with Crippen molar-refractivity contribution < 1.29 is 14.3 Å². The highest BCUT2D eigenvalue weighted by Gasteiger charge is 2.26. The van der Waals surface area contributed by atoms with Crippen molar-refractivity contribution in [2.75, 3.05) is 45.3 Å². The molecule has 0 N–H and O–H groups in total. The Balaban J connectivity index is 2.08. The molecule has 0 spiro atoms. The van der Waals surface area contributed by atoms with Crippen molar-refractivity contribution >= 4 is 32.6 Å². The van der Waals surface area contributed by atoms with Gasteiger partial charge in [-0.3, -0.25) is 14.4 Å². The lowest BCUT2D eigenvalue weighted by molar-refractivity contribution is 0.0973. The summed E-state index contributed by atoms with van der Waals surface area (Å²) in [6.07, 6.45) is 0. The standard InChI is InChI=1S/C22H31N5O3S/c1-7-25(8-2)12-13-26(21(28)16-14-15(4)24-27(16)9-3)22-23-19-17(29-5)10-11-18(30-6)20(19)31-22/h10-11,14H,7-9,12-13H2,1-6H3. The number of anilines is 1. The molecule has 0 saturated heterocycles. The molecule has 0 fully saturated rings. The van der Waals surface area contributed by atoms with Gasteiger partial charge >= 0.3 is 0 Å². The first-order valence-electron chi connectivity index (χ1n) is 10.6. The fraction of sp³-hybridized carbons (Fsp3) is 0.500. The quantitative estimate of drug-likeness (QED) is 0.472. The van der Waals surface area contributed by atoms with E-state index >= 15 is 0 Å². The van der Waals surface area contributed by atoms with E-state index in [1.807, 2.05) is 32.0 Å². The SMILES string of the molecule is CCN(CC)CCN(C(=O)c1cc(C)nn1CC)c1nc2c(OC)ccc(OC)c2s1. The Morgan fingerprint density at radius 1 is 1.10 bits per heavy atom. The average Bonchev–Trinajstić information content (AvgIpc) is 3.39. The first-order valence-corrected chi connectivity index (χ1v) is 11.4. The molecule has 0 radical (unpaired) electrons. The topological polar surface area (TPSA) is 72.7 Å². The first-order chi connectivity index (χ1) is 15.0. The van der Waals surface area contributed by atoms with Crippen LogP contribution in [0.2, 0.25) is 0 Å². The molecular weight excluding hydrogens is 414 g/mol. The summed E-state index contributed by atoms with van der Waals surface area (Å²) in [7, 11) is 3.25. The van der Waals surface area contributed by atoms with Gasteiger partial charge in [-0.1, -0.05) is 25.2 Å². The second-order valence-electron chi connectivity index (χ2n) is 7.11. The van der Waals surface area contributed by atoms with E-state index in [4.69, 9.17) is 14.5 Å². The molecule has 3 aromatic rings. The van der Waals surface area contributed by atoms with Gasteiger partial charge in [0.2, 0.25) is 0 Å². The summed E-state index contributed by atoms with van der Waals surface area (Å²) in [4.78, 5) is 22.5. The third-order valence-electron chi connectivity index (χ3n) is 5.33. The van der Waals surface area contributed by atoms with Crippen LogP contribution in [-0.4, -0.2) is 66.0 Å². The Morgan fingerprint density at radius 2 is 1.77 bits per heavy atom. The van der Waals surface area contributed by atoms with E-state index in [1.165, 1.54) is 11.3 Å². The van der Waals surface area contributed by atoms with Gasteiger partial charge in [0.15, 0.2) is 5.13 Å². The molecule has 31 heavy (non-hydrogen) atoms. The van der Waals surface area contributed by atoms with E-state index in [2.05, 4.69) is 23.8 Å². The number of carbonyl (C=O) groups is 1. The van der Waals surface area contributed by atoms with Crippen molar-refractivity contribution in [2.24, 2.45) is 0 Å². The van der Waals surface area contributed by atoms with Crippen LogP contribution in [0.5, 0.6) is 11.5 Å². The number of hydrogen-bond acceptors (Lipinski definition) is 7. The van der Waals surface area contributed by atoms with Crippen LogP contribution in [0.3, 0.4) is 0 Å². The lowest BCUT2D eigenvalue weighted by Crippen LogP contribution is -2.39. The highest BCUT2D eigenvalue weighted by molar-refractivity contribution is 7.22. The molecule has 1 amide bonds. The highest BCUT2D eigenvalue weighted by Crippen LogP contribution is 2.40. The van der Waals surface area contributed by atoms with Crippen molar-refractivity contribution in [3.05, 3.63) is 29.6 Å². The van der Waals surface area contributed by atoms with Gasteiger partial charge in [-0.05, 0) is 45.1 Å². The maximum absolute atomic E-state index is 13.7. The van der Waals surface area contributed by atoms with Gasteiger partial charge in [-0.15, -0.1) is 0 Å². The molecule has 0 bridgehead atoms. The van der Waals surface area contributed by atoms with Gasteiger partial charge in [0.05, 0.1) is 19.9 Å². The van der Waals surface area contributed by atoms with Crippen molar-refractivity contribution in [3.8, 4) is 11.5 Å². The summed E-state index contributed by atoms with van der Waals surface area (Å²) in [5.74, 6) is 1.26. The number of aromatic nitrogens is 3. The van der Waals surface area contributed by atoms with Gasteiger partial charge in [-0.2, -0.15) is 5.10 Å². The number of amides is 1. The predicted octanol–water partition coefficient (Wildman–Crippen LogP) is 3.83. The molecule has 2 heterocycles. The number of likely N-dealkylation sites (N-methyl/N-ethyl adjacent to an activating group) is 1. The van der Waals surface area contributed by atoms with Crippen molar-refractivity contribution in [2.45, 2.75) is 34.2 Å². The molecule has 0 aliphatic carbocycles. The smallest absolute Gasteiger partial charge is 0.278 e. The molecule has 0 atom stereocenters. The fourth-order valence-corrected chi connectivity index (χ4v) is 4.65. The van der Waals surface area contributed by atoms with E-state index in [0.29, 0.717) is 40.9 Å². The van der Waals surface area contributed by atoms with Crippen LogP contribution in [0, 0.1) is 6.92 Å².